The van der Waals surface area contributed by atoms with Crippen molar-refractivity contribution in [1.29, 1.82) is 0 Å². The molecule has 6 nitrogen and oxygen atoms in total. The SMILES string of the molecule is COc1cc(/C=C2\c3ccc(F)cc3C(CC(=O)NCc3ccccn3)C2C)cc(OC)c1[B]O. The number of carbonyl (C=O) groups excluding carboxylic acids is 1. The molecule has 2 N–H and O–H groups in total. The van der Waals surface area contributed by atoms with Crippen LogP contribution in [0.25, 0.3) is 11.6 Å². The Balaban J connectivity index is 1.64. The van der Waals surface area contributed by atoms with Crippen LogP contribution < -0.4 is 20.3 Å². The van der Waals surface area contributed by atoms with Crippen LogP contribution in [0.3, 0.4) is 0 Å². The van der Waals surface area contributed by atoms with Gasteiger partial charge in [0.2, 0.25) is 5.91 Å². The zero-order chi connectivity index (χ0) is 24.9. The normalized spacial score (nSPS) is 17.7. The van der Waals surface area contributed by atoms with Gasteiger partial charge in [0, 0.05) is 18.1 Å². The average molecular weight is 473 g/mol. The maximum absolute atomic E-state index is 14.2. The Kier molecular flexibility index (Phi) is 7.51. The molecule has 0 spiro atoms. The van der Waals surface area contributed by atoms with E-state index in [-0.39, 0.29) is 30.0 Å². The summed E-state index contributed by atoms with van der Waals surface area (Å²) in [5.74, 6) is 0.277. The number of fused-ring (bicyclic) bond motifs is 1. The van der Waals surface area contributed by atoms with Gasteiger partial charge in [-0.2, -0.15) is 0 Å². The zero-order valence-electron chi connectivity index (χ0n) is 19.9. The molecule has 8 heteroatoms. The van der Waals surface area contributed by atoms with Gasteiger partial charge < -0.3 is 19.8 Å². The number of methoxy groups -OCH3 is 2. The number of pyridine rings is 1. The minimum Gasteiger partial charge on any atom is -0.497 e. The number of halogens is 1. The largest absolute Gasteiger partial charge is 0.497 e. The predicted octanol–water partition coefficient (Wildman–Crippen LogP) is 3.46. The minimum atomic E-state index is -0.331. The van der Waals surface area contributed by atoms with E-state index in [2.05, 4.69) is 10.3 Å². The number of allylic oxidation sites excluding steroid dienone is 1. The average Bonchev–Trinajstić information content (AvgIpc) is 3.12. The lowest BCUT2D eigenvalue weighted by atomic mass is 9.85. The van der Waals surface area contributed by atoms with Crippen molar-refractivity contribution in [3.05, 3.63) is 82.9 Å². The molecule has 0 fully saturated rings. The van der Waals surface area contributed by atoms with Crippen molar-refractivity contribution in [1.82, 2.24) is 10.3 Å². The summed E-state index contributed by atoms with van der Waals surface area (Å²) < 4.78 is 25.1. The van der Waals surface area contributed by atoms with Crippen molar-refractivity contribution in [3.8, 4) is 11.5 Å². The van der Waals surface area contributed by atoms with E-state index in [0.717, 1.165) is 35.4 Å². The van der Waals surface area contributed by atoms with E-state index in [9.17, 15) is 14.2 Å². The molecule has 1 aliphatic rings. The van der Waals surface area contributed by atoms with E-state index in [4.69, 9.17) is 9.47 Å². The molecule has 2 atom stereocenters. The van der Waals surface area contributed by atoms with Crippen molar-refractivity contribution in [2.45, 2.75) is 25.8 Å². The van der Waals surface area contributed by atoms with E-state index in [1.807, 2.05) is 31.2 Å². The quantitative estimate of drug-likeness (QED) is 0.490. The molecule has 1 amide bonds. The number of amides is 1. The Hall–Kier alpha value is -3.65. The number of nitrogens with zero attached hydrogens (tertiary/aromatic N) is 1. The second-order valence-corrected chi connectivity index (χ2v) is 8.50. The van der Waals surface area contributed by atoms with Gasteiger partial charge in [-0.25, -0.2) is 4.39 Å². The van der Waals surface area contributed by atoms with Gasteiger partial charge in [0.15, 0.2) is 0 Å². The fourth-order valence-corrected chi connectivity index (χ4v) is 4.64. The van der Waals surface area contributed by atoms with E-state index in [1.165, 1.54) is 26.4 Å². The summed E-state index contributed by atoms with van der Waals surface area (Å²) in [6.45, 7) is 2.39. The van der Waals surface area contributed by atoms with Crippen LogP contribution in [0.5, 0.6) is 11.5 Å². The molecular formula is C27H27BFN2O4. The van der Waals surface area contributed by atoms with Gasteiger partial charge in [0.25, 0.3) is 0 Å². The Labute approximate surface area is 205 Å². The van der Waals surface area contributed by atoms with Gasteiger partial charge in [0.05, 0.1) is 26.5 Å². The van der Waals surface area contributed by atoms with Crippen molar-refractivity contribution in [3.63, 3.8) is 0 Å². The summed E-state index contributed by atoms with van der Waals surface area (Å²) in [6.07, 6.45) is 3.91. The molecule has 1 aliphatic carbocycles. The first-order valence-corrected chi connectivity index (χ1v) is 11.4. The zero-order valence-corrected chi connectivity index (χ0v) is 19.9. The van der Waals surface area contributed by atoms with Gasteiger partial charge in [-0.3, -0.25) is 9.78 Å². The molecule has 35 heavy (non-hydrogen) atoms. The molecule has 1 aromatic heterocycles. The van der Waals surface area contributed by atoms with Crippen LogP contribution >= 0.6 is 0 Å². The third kappa shape index (κ3) is 5.22. The number of hydrogen-bond acceptors (Lipinski definition) is 5. The Morgan fingerprint density at radius 2 is 1.91 bits per heavy atom. The number of carbonyl (C=O) groups is 1. The van der Waals surface area contributed by atoms with Crippen molar-refractivity contribution in [2.24, 2.45) is 5.92 Å². The topological polar surface area (TPSA) is 80.7 Å². The predicted molar refractivity (Wildman–Crippen MR) is 134 cm³/mol. The molecule has 2 unspecified atom stereocenters. The highest BCUT2D eigenvalue weighted by Gasteiger charge is 2.35. The van der Waals surface area contributed by atoms with Gasteiger partial charge in [-0.05, 0) is 70.5 Å². The summed E-state index contributed by atoms with van der Waals surface area (Å²) in [7, 11) is 3.99. The molecule has 0 bridgehead atoms. The second-order valence-electron chi connectivity index (χ2n) is 8.50. The number of rotatable bonds is 8. The maximum atomic E-state index is 14.2. The highest BCUT2D eigenvalue weighted by atomic mass is 19.1. The third-order valence-corrected chi connectivity index (χ3v) is 6.43. The maximum Gasteiger partial charge on any atom is 0.334 e. The summed E-state index contributed by atoms with van der Waals surface area (Å²) in [5, 5.41) is 12.5. The van der Waals surface area contributed by atoms with Gasteiger partial charge in [-0.15, -0.1) is 0 Å². The van der Waals surface area contributed by atoms with Crippen LogP contribution in [0.1, 0.15) is 41.6 Å². The lowest BCUT2D eigenvalue weighted by molar-refractivity contribution is -0.121. The van der Waals surface area contributed by atoms with Crippen LogP contribution in [-0.4, -0.2) is 37.6 Å². The van der Waals surface area contributed by atoms with Crippen LogP contribution in [0.2, 0.25) is 0 Å². The molecule has 0 saturated carbocycles. The third-order valence-electron chi connectivity index (χ3n) is 6.43. The smallest absolute Gasteiger partial charge is 0.334 e. The molecule has 0 aliphatic heterocycles. The molecule has 4 rings (SSSR count). The van der Waals surface area contributed by atoms with Crippen LogP contribution in [-0.2, 0) is 11.3 Å². The fraction of sp³-hybridized carbons (Fsp3) is 0.259. The molecular weight excluding hydrogens is 446 g/mol. The van der Waals surface area contributed by atoms with Crippen LogP contribution in [0.4, 0.5) is 4.39 Å². The molecule has 1 heterocycles. The van der Waals surface area contributed by atoms with Gasteiger partial charge in [-0.1, -0.05) is 25.1 Å². The Morgan fingerprint density at radius 3 is 2.54 bits per heavy atom. The van der Waals surface area contributed by atoms with E-state index in [0.29, 0.717) is 23.5 Å². The fourth-order valence-electron chi connectivity index (χ4n) is 4.64. The number of aromatic nitrogens is 1. The van der Waals surface area contributed by atoms with Gasteiger partial charge >= 0.3 is 7.48 Å². The molecule has 3 aromatic rings. The first-order chi connectivity index (χ1) is 16.9. The van der Waals surface area contributed by atoms with E-state index >= 15 is 0 Å². The van der Waals surface area contributed by atoms with E-state index < -0.39 is 0 Å². The molecule has 2 aromatic carbocycles. The number of ether oxygens (including phenoxy) is 2. The number of nitrogens with one attached hydrogen (secondary N) is 1. The van der Waals surface area contributed by atoms with Gasteiger partial charge in [0.1, 0.15) is 17.3 Å². The molecule has 1 radical (unpaired) electrons. The highest BCUT2D eigenvalue weighted by molar-refractivity contribution is 6.48. The minimum absolute atomic E-state index is 0.0338. The lowest BCUT2D eigenvalue weighted by Crippen LogP contribution is -2.25. The van der Waals surface area contributed by atoms with Crippen LogP contribution in [0.15, 0.2) is 54.7 Å². The Morgan fingerprint density at radius 1 is 1.17 bits per heavy atom. The van der Waals surface area contributed by atoms with Crippen molar-refractivity contribution < 1.29 is 23.7 Å². The lowest BCUT2D eigenvalue weighted by Gasteiger charge is -2.18. The summed E-state index contributed by atoms with van der Waals surface area (Å²) in [5.41, 5.74) is 4.75. The van der Waals surface area contributed by atoms with Crippen molar-refractivity contribution in [2.75, 3.05) is 14.2 Å². The standard InChI is InChI=1S/C27H27BFN2O4/c1-16-21(10-17-11-24(34-2)27(28-33)25(12-17)35-3)20-8-7-18(29)13-23(20)22(16)14-26(32)31-15-19-6-4-5-9-30-19/h4-13,16,22,33H,14-15H2,1-3H3,(H,31,32)/b21-10-. The summed E-state index contributed by atoms with van der Waals surface area (Å²) in [4.78, 5) is 17.0. The van der Waals surface area contributed by atoms with E-state index in [1.54, 1.807) is 24.4 Å². The number of benzene rings is 2. The number of hydrogen-bond donors (Lipinski definition) is 2. The second kappa shape index (κ2) is 10.7. The molecule has 179 valence electrons. The monoisotopic (exact) mass is 473 g/mol. The van der Waals surface area contributed by atoms with Crippen molar-refractivity contribution >= 4 is 30.5 Å². The highest BCUT2D eigenvalue weighted by Crippen LogP contribution is 2.48. The molecule has 0 saturated heterocycles. The first-order valence-electron chi connectivity index (χ1n) is 11.4. The summed E-state index contributed by atoms with van der Waals surface area (Å²) in [6, 6.07) is 13.9. The van der Waals surface area contributed by atoms with Crippen LogP contribution in [0, 0.1) is 11.7 Å². The Bertz CT molecular complexity index is 1220. The summed E-state index contributed by atoms with van der Waals surface area (Å²) >= 11 is 0. The first kappa shape index (κ1) is 24.5.